The summed E-state index contributed by atoms with van der Waals surface area (Å²) in [6, 6.07) is 6.50. The van der Waals surface area contributed by atoms with Crippen molar-refractivity contribution < 1.29 is 23.9 Å². The van der Waals surface area contributed by atoms with Crippen LogP contribution < -0.4 is 5.73 Å². The number of carbonyl (C=O) groups excluding carboxylic acids is 3. The molecule has 0 heterocycles. The molecule has 124 valence electrons. The fourth-order valence-corrected chi connectivity index (χ4v) is 2.21. The van der Waals surface area contributed by atoms with Crippen molar-refractivity contribution in [3.63, 3.8) is 0 Å². The maximum absolute atomic E-state index is 12.1. The number of esters is 2. The third kappa shape index (κ3) is 4.67. The second-order valence-electron chi connectivity index (χ2n) is 5.27. The van der Waals surface area contributed by atoms with E-state index in [1.54, 1.807) is 38.1 Å². The van der Waals surface area contributed by atoms with Crippen LogP contribution in [-0.4, -0.2) is 32.1 Å². The maximum atomic E-state index is 12.1. The summed E-state index contributed by atoms with van der Waals surface area (Å²) in [5, 5.41) is 0. The van der Waals surface area contributed by atoms with Gasteiger partial charge in [-0.2, -0.15) is 0 Å². The Morgan fingerprint density at radius 1 is 1.00 bits per heavy atom. The van der Waals surface area contributed by atoms with Crippen LogP contribution in [-0.2, 0) is 25.5 Å². The Balaban J connectivity index is 3.28. The van der Waals surface area contributed by atoms with Gasteiger partial charge in [0.05, 0.1) is 25.4 Å². The van der Waals surface area contributed by atoms with Gasteiger partial charge in [0.25, 0.3) is 0 Å². The Labute approximate surface area is 135 Å². The lowest BCUT2D eigenvalue weighted by atomic mass is 9.92. The third-order valence-electron chi connectivity index (χ3n) is 3.36. The molecule has 1 amide bonds. The Morgan fingerprint density at radius 3 is 1.91 bits per heavy atom. The first-order valence-corrected chi connectivity index (χ1v) is 7.10. The van der Waals surface area contributed by atoms with Crippen molar-refractivity contribution in [2.24, 2.45) is 11.7 Å². The molecule has 0 spiro atoms. The van der Waals surface area contributed by atoms with Gasteiger partial charge >= 0.3 is 11.9 Å². The van der Waals surface area contributed by atoms with Crippen LogP contribution in [0, 0.1) is 5.92 Å². The molecule has 0 aromatic heterocycles. The smallest absolute Gasteiger partial charge is 0.334 e. The highest BCUT2D eigenvalue weighted by Crippen LogP contribution is 2.22. The second kappa shape index (κ2) is 8.12. The van der Waals surface area contributed by atoms with Gasteiger partial charge in [-0.15, -0.1) is 0 Å². The van der Waals surface area contributed by atoms with Crippen molar-refractivity contribution in [1.82, 2.24) is 0 Å². The minimum absolute atomic E-state index is 0.189. The average Bonchev–Trinajstić information content (AvgIpc) is 2.53. The monoisotopic (exact) mass is 319 g/mol. The van der Waals surface area contributed by atoms with Crippen molar-refractivity contribution in [3.8, 4) is 0 Å². The van der Waals surface area contributed by atoms with Crippen molar-refractivity contribution in [3.05, 3.63) is 46.5 Å². The lowest BCUT2D eigenvalue weighted by Crippen LogP contribution is -2.20. The van der Waals surface area contributed by atoms with Crippen LogP contribution in [0.5, 0.6) is 0 Å². The van der Waals surface area contributed by atoms with Gasteiger partial charge in [0, 0.05) is 12.0 Å². The fourth-order valence-electron chi connectivity index (χ4n) is 2.21. The number of carbonyl (C=O) groups is 3. The topological polar surface area (TPSA) is 95.7 Å². The lowest BCUT2D eigenvalue weighted by Gasteiger charge is -2.15. The molecule has 0 radical (unpaired) electrons. The van der Waals surface area contributed by atoms with Crippen LogP contribution in [0.15, 0.2) is 35.4 Å². The number of ether oxygens (including phenoxy) is 2. The third-order valence-corrected chi connectivity index (χ3v) is 3.36. The quantitative estimate of drug-likeness (QED) is 0.635. The van der Waals surface area contributed by atoms with Gasteiger partial charge < -0.3 is 15.2 Å². The van der Waals surface area contributed by atoms with E-state index in [4.69, 9.17) is 15.2 Å². The van der Waals surface area contributed by atoms with Gasteiger partial charge in [0.2, 0.25) is 5.91 Å². The molecule has 0 aliphatic rings. The molecule has 6 heteroatoms. The molecule has 0 bridgehead atoms. The summed E-state index contributed by atoms with van der Waals surface area (Å²) in [4.78, 5) is 35.2. The SMILES string of the molecule is COC(=O)/C(Cc1ccc(C(N)=O)cc1)=C(\C(=O)OC)C(C)C. The summed E-state index contributed by atoms with van der Waals surface area (Å²) in [6.07, 6.45) is 0.189. The molecule has 0 saturated carbocycles. The zero-order valence-corrected chi connectivity index (χ0v) is 13.7. The summed E-state index contributed by atoms with van der Waals surface area (Å²) in [5.41, 5.74) is 6.83. The summed E-state index contributed by atoms with van der Waals surface area (Å²) >= 11 is 0. The molecule has 1 rings (SSSR count). The van der Waals surface area contributed by atoms with E-state index in [0.717, 1.165) is 5.56 Å². The number of benzene rings is 1. The maximum Gasteiger partial charge on any atom is 0.334 e. The average molecular weight is 319 g/mol. The minimum Gasteiger partial charge on any atom is -0.466 e. The predicted octanol–water partition coefficient (Wildman–Crippen LogP) is 1.63. The van der Waals surface area contributed by atoms with Gasteiger partial charge in [-0.25, -0.2) is 9.59 Å². The highest BCUT2D eigenvalue weighted by atomic mass is 16.5. The summed E-state index contributed by atoms with van der Waals surface area (Å²) < 4.78 is 9.57. The summed E-state index contributed by atoms with van der Waals surface area (Å²) in [5.74, 6) is -1.88. The van der Waals surface area contributed by atoms with E-state index in [9.17, 15) is 14.4 Å². The van der Waals surface area contributed by atoms with Crippen LogP contribution in [0.3, 0.4) is 0 Å². The largest absolute Gasteiger partial charge is 0.466 e. The van der Waals surface area contributed by atoms with Crippen molar-refractivity contribution in [1.29, 1.82) is 0 Å². The Bertz CT molecular complexity index is 629. The fraction of sp³-hybridized carbons (Fsp3) is 0.353. The first kappa shape index (κ1) is 18.4. The standard InChI is InChI=1S/C17H21NO5/c1-10(2)14(17(21)23-4)13(16(20)22-3)9-11-5-7-12(8-6-11)15(18)19/h5-8,10H,9H2,1-4H3,(H2,18,19)/b14-13-. The number of hydrogen-bond donors (Lipinski definition) is 1. The number of rotatable bonds is 6. The number of primary amides is 1. The molecule has 23 heavy (non-hydrogen) atoms. The number of methoxy groups -OCH3 is 2. The first-order valence-electron chi connectivity index (χ1n) is 7.10. The van der Waals surface area contributed by atoms with Crippen LogP contribution in [0.1, 0.15) is 29.8 Å². The molecule has 0 aliphatic carbocycles. The van der Waals surface area contributed by atoms with Gasteiger partial charge in [0.1, 0.15) is 0 Å². The lowest BCUT2D eigenvalue weighted by molar-refractivity contribution is -0.139. The van der Waals surface area contributed by atoms with E-state index in [2.05, 4.69) is 0 Å². The van der Waals surface area contributed by atoms with Crippen LogP contribution in [0.4, 0.5) is 0 Å². The van der Waals surface area contributed by atoms with Crippen molar-refractivity contribution in [2.45, 2.75) is 20.3 Å². The van der Waals surface area contributed by atoms with E-state index < -0.39 is 17.8 Å². The summed E-state index contributed by atoms with van der Waals surface area (Å²) in [7, 11) is 2.52. The molecule has 1 aromatic rings. The van der Waals surface area contributed by atoms with Crippen LogP contribution in [0.25, 0.3) is 0 Å². The molecule has 0 fully saturated rings. The molecular formula is C17H21NO5. The van der Waals surface area contributed by atoms with Gasteiger partial charge in [0.15, 0.2) is 0 Å². The van der Waals surface area contributed by atoms with E-state index >= 15 is 0 Å². The van der Waals surface area contributed by atoms with Gasteiger partial charge in [-0.1, -0.05) is 26.0 Å². The number of amides is 1. The summed E-state index contributed by atoms with van der Waals surface area (Å²) in [6.45, 7) is 3.59. The van der Waals surface area contributed by atoms with E-state index in [1.165, 1.54) is 14.2 Å². The Hall–Kier alpha value is -2.63. The minimum atomic E-state index is -0.585. The van der Waals surface area contributed by atoms with Crippen LogP contribution in [0.2, 0.25) is 0 Å². The van der Waals surface area contributed by atoms with E-state index in [-0.39, 0.29) is 23.5 Å². The molecule has 0 aliphatic heterocycles. The van der Waals surface area contributed by atoms with Gasteiger partial charge in [-0.3, -0.25) is 4.79 Å². The second-order valence-corrected chi connectivity index (χ2v) is 5.27. The molecule has 0 saturated heterocycles. The molecule has 0 unspecified atom stereocenters. The highest BCUT2D eigenvalue weighted by Gasteiger charge is 2.25. The van der Waals surface area contributed by atoms with Crippen molar-refractivity contribution >= 4 is 17.8 Å². The normalized spacial score (nSPS) is 11.7. The molecule has 6 nitrogen and oxygen atoms in total. The predicted molar refractivity (Wildman–Crippen MR) is 84.6 cm³/mol. The zero-order chi connectivity index (χ0) is 17.6. The number of hydrogen-bond acceptors (Lipinski definition) is 5. The molecular weight excluding hydrogens is 298 g/mol. The Morgan fingerprint density at radius 2 is 1.52 bits per heavy atom. The van der Waals surface area contributed by atoms with Crippen molar-refractivity contribution in [2.75, 3.05) is 14.2 Å². The van der Waals surface area contributed by atoms with E-state index in [0.29, 0.717) is 5.56 Å². The molecule has 1 aromatic carbocycles. The number of nitrogens with two attached hydrogens (primary N) is 1. The Kier molecular flexibility index (Phi) is 6.50. The highest BCUT2D eigenvalue weighted by molar-refractivity contribution is 6.01. The molecule has 2 N–H and O–H groups in total. The van der Waals surface area contributed by atoms with Gasteiger partial charge in [-0.05, 0) is 23.6 Å². The first-order chi connectivity index (χ1) is 10.8. The molecule has 0 atom stereocenters. The zero-order valence-electron chi connectivity index (χ0n) is 13.7. The van der Waals surface area contributed by atoms with Crippen LogP contribution >= 0.6 is 0 Å². The van der Waals surface area contributed by atoms with E-state index in [1.807, 2.05) is 0 Å².